The van der Waals surface area contributed by atoms with Crippen molar-refractivity contribution in [1.29, 1.82) is 0 Å². The van der Waals surface area contributed by atoms with Crippen molar-refractivity contribution in [1.82, 2.24) is 9.97 Å². The number of anilines is 2. The van der Waals surface area contributed by atoms with E-state index in [1.165, 1.54) is 5.69 Å². The molecule has 0 aliphatic carbocycles. The van der Waals surface area contributed by atoms with Crippen LogP contribution in [0.5, 0.6) is 0 Å². The summed E-state index contributed by atoms with van der Waals surface area (Å²) in [5.41, 5.74) is 3.18. The van der Waals surface area contributed by atoms with Gasteiger partial charge in [0.2, 0.25) is 0 Å². The first-order valence-electron chi connectivity index (χ1n) is 9.95. The van der Waals surface area contributed by atoms with Crippen molar-refractivity contribution in [3.8, 4) is 11.4 Å². The summed E-state index contributed by atoms with van der Waals surface area (Å²) in [6, 6.07) is 24.5. The largest absolute Gasteiger partial charge is 0.368 e. The quantitative estimate of drug-likeness (QED) is 0.359. The Kier molecular flexibility index (Phi) is 5.32. The van der Waals surface area contributed by atoms with Gasteiger partial charge in [-0.05, 0) is 54.6 Å². The maximum atomic E-state index is 6.07. The predicted molar refractivity (Wildman–Crippen MR) is 129 cm³/mol. The van der Waals surface area contributed by atoms with Crippen LogP contribution >= 0.6 is 27.5 Å². The molecule has 6 heteroatoms. The Morgan fingerprint density at radius 2 is 1.47 bits per heavy atom. The number of rotatable bonds is 3. The molecule has 30 heavy (non-hydrogen) atoms. The van der Waals surface area contributed by atoms with Gasteiger partial charge >= 0.3 is 0 Å². The van der Waals surface area contributed by atoms with Gasteiger partial charge in [-0.15, -0.1) is 0 Å². The van der Waals surface area contributed by atoms with E-state index in [-0.39, 0.29) is 0 Å². The third-order valence-corrected chi connectivity index (χ3v) is 6.19. The van der Waals surface area contributed by atoms with Crippen molar-refractivity contribution in [3.63, 3.8) is 0 Å². The smallest absolute Gasteiger partial charge is 0.162 e. The lowest BCUT2D eigenvalue weighted by atomic mass is 10.1. The number of benzene rings is 3. The van der Waals surface area contributed by atoms with Gasteiger partial charge in [0.1, 0.15) is 5.82 Å². The lowest BCUT2D eigenvalue weighted by Crippen LogP contribution is -2.47. The summed E-state index contributed by atoms with van der Waals surface area (Å²) in [6.45, 7) is 3.74. The molecular weight excluding hydrogens is 460 g/mol. The van der Waals surface area contributed by atoms with Gasteiger partial charge in [0.25, 0.3) is 0 Å². The van der Waals surface area contributed by atoms with E-state index < -0.39 is 0 Å². The first-order chi connectivity index (χ1) is 14.7. The zero-order chi connectivity index (χ0) is 20.5. The number of halogens is 2. The van der Waals surface area contributed by atoms with Crippen LogP contribution in [0.2, 0.25) is 5.02 Å². The van der Waals surface area contributed by atoms with Crippen molar-refractivity contribution in [2.75, 3.05) is 36.0 Å². The molecule has 4 aromatic rings. The summed E-state index contributed by atoms with van der Waals surface area (Å²) in [5, 5.41) is 1.77. The van der Waals surface area contributed by atoms with Crippen LogP contribution < -0.4 is 9.80 Å². The second kappa shape index (κ2) is 8.25. The van der Waals surface area contributed by atoms with Gasteiger partial charge in [0.15, 0.2) is 5.82 Å². The number of hydrogen-bond acceptors (Lipinski definition) is 4. The van der Waals surface area contributed by atoms with E-state index in [0.717, 1.165) is 58.8 Å². The lowest BCUT2D eigenvalue weighted by Gasteiger charge is -2.37. The molecule has 1 aromatic heterocycles. The van der Waals surface area contributed by atoms with Gasteiger partial charge < -0.3 is 9.80 Å². The summed E-state index contributed by atoms with van der Waals surface area (Å²) in [6.07, 6.45) is 0. The monoisotopic (exact) mass is 478 g/mol. The van der Waals surface area contributed by atoms with E-state index in [1.54, 1.807) is 0 Å². The summed E-state index contributed by atoms with van der Waals surface area (Å²) in [7, 11) is 0. The zero-order valence-electron chi connectivity index (χ0n) is 16.3. The number of para-hydroxylation sites is 1. The molecule has 0 amide bonds. The molecule has 4 nitrogen and oxygen atoms in total. The molecule has 0 bridgehead atoms. The molecule has 1 saturated heterocycles. The number of fused-ring (bicyclic) bond motifs is 1. The molecular formula is C24H20BrClN4. The third kappa shape index (κ3) is 3.87. The maximum absolute atomic E-state index is 6.07. The number of nitrogens with zero attached hydrogens (tertiary/aromatic N) is 4. The second-order valence-corrected chi connectivity index (χ2v) is 8.70. The number of aromatic nitrogens is 2. The topological polar surface area (TPSA) is 32.3 Å². The first-order valence-corrected chi connectivity index (χ1v) is 11.1. The van der Waals surface area contributed by atoms with Crippen LogP contribution in [0.4, 0.5) is 11.5 Å². The number of hydrogen-bond donors (Lipinski definition) is 0. The van der Waals surface area contributed by atoms with E-state index >= 15 is 0 Å². The molecule has 0 unspecified atom stereocenters. The predicted octanol–water partition coefficient (Wildman–Crippen LogP) is 6.04. The standard InChI is InChI=1S/C24H20BrClN4/c25-18-8-11-22-21(16-18)24(28-23(27-22)17-6-9-19(26)10-7-17)30-14-12-29(13-15-30)20-4-2-1-3-5-20/h1-11,16H,12-15H2. The SMILES string of the molecule is Clc1ccc(-c2nc(N3CCN(c4ccccc4)CC3)c3cc(Br)ccc3n2)cc1. The number of piperazine rings is 1. The van der Waals surface area contributed by atoms with Crippen LogP contribution in [0.15, 0.2) is 77.3 Å². The molecule has 2 heterocycles. The van der Waals surface area contributed by atoms with Gasteiger partial charge in [0.05, 0.1) is 5.52 Å². The minimum atomic E-state index is 0.709. The average molecular weight is 480 g/mol. The molecule has 5 rings (SSSR count). The summed E-state index contributed by atoms with van der Waals surface area (Å²) < 4.78 is 1.03. The molecule has 0 saturated carbocycles. The van der Waals surface area contributed by atoms with Gasteiger partial charge in [-0.2, -0.15) is 0 Å². The lowest BCUT2D eigenvalue weighted by molar-refractivity contribution is 0.649. The Morgan fingerprint density at radius 3 is 2.20 bits per heavy atom. The molecule has 0 radical (unpaired) electrons. The van der Waals surface area contributed by atoms with Crippen LogP contribution in [0.3, 0.4) is 0 Å². The highest BCUT2D eigenvalue weighted by Gasteiger charge is 2.21. The fourth-order valence-corrected chi connectivity index (χ4v) is 4.36. The van der Waals surface area contributed by atoms with E-state index in [9.17, 15) is 0 Å². The van der Waals surface area contributed by atoms with Crippen molar-refractivity contribution >= 4 is 49.9 Å². The Labute approximate surface area is 189 Å². The molecule has 0 atom stereocenters. The Morgan fingerprint density at radius 1 is 0.767 bits per heavy atom. The van der Waals surface area contributed by atoms with Gasteiger partial charge in [-0.1, -0.05) is 45.7 Å². The highest BCUT2D eigenvalue weighted by molar-refractivity contribution is 9.10. The average Bonchev–Trinajstić information content (AvgIpc) is 2.80. The van der Waals surface area contributed by atoms with Crippen molar-refractivity contribution in [2.24, 2.45) is 0 Å². The molecule has 1 fully saturated rings. The zero-order valence-corrected chi connectivity index (χ0v) is 18.6. The van der Waals surface area contributed by atoms with Gasteiger partial charge in [0, 0.05) is 52.3 Å². The molecule has 3 aromatic carbocycles. The highest BCUT2D eigenvalue weighted by Crippen LogP contribution is 2.31. The Balaban J connectivity index is 1.51. The van der Waals surface area contributed by atoms with E-state index in [0.29, 0.717) is 5.02 Å². The van der Waals surface area contributed by atoms with Crippen molar-refractivity contribution in [2.45, 2.75) is 0 Å². The summed E-state index contributed by atoms with van der Waals surface area (Å²) in [5.74, 6) is 1.71. The van der Waals surface area contributed by atoms with Crippen LogP contribution in [-0.2, 0) is 0 Å². The maximum Gasteiger partial charge on any atom is 0.162 e. The Bertz CT molecular complexity index is 1170. The highest BCUT2D eigenvalue weighted by atomic mass is 79.9. The van der Waals surface area contributed by atoms with E-state index in [1.807, 2.05) is 36.4 Å². The van der Waals surface area contributed by atoms with E-state index in [4.69, 9.17) is 21.6 Å². The first kappa shape index (κ1) is 19.3. The van der Waals surface area contributed by atoms with Gasteiger partial charge in [-0.25, -0.2) is 9.97 Å². The Hall–Kier alpha value is -2.63. The molecule has 0 N–H and O–H groups in total. The fourth-order valence-electron chi connectivity index (χ4n) is 3.87. The van der Waals surface area contributed by atoms with Crippen molar-refractivity contribution in [3.05, 3.63) is 82.3 Å². The van der Waals surface area contributed by atoms with Crippen LogP contribution in [-0.4, -0.2) is 36.1 Å². The molecule has 0 spiro atoms. The van der Waals surface area contributed by atoms with Crippen LogP contribution in [0, 0.1) is 0 Å². The summed E-state index contributed by atoms with van der Waals surface area (Å²) in [4.78, 5) is 14.6. The molecule has 1 aliphatic rings. The minimum Gasteiger partial charge on any atom is -0.368 e. The summed E-state index contributed by atoms with van der Waals surface area (Å²) >= 11 is 9.68. The van der Waals surface area contributed by atoms with Crippen molar-refractivity contribution < 1.29 is 0 Å². The minimum absolute atomic E-state index is 0.709. The molecule has 150 valence electrons. The normalized spacial score (nSPS) is 14.3. The van der Waals surface area contributed by atoms with Crippen LogP contribution in [0.25, 0.3) is 22.3 Å². The van der Waals surface area contributed by atoms with E-state index in [2.05, 4.69) is 62.1 Å². The van der Waals surface area contributed by atoms with Crippen LogP contribution in [0.1, 0.15) is 0 Å². The fraction of sp³-hybridized carbons (Fsp3) is 0.167. The van der Waals surface area contributed by atoms with Gasteiger partial charge in [-0.3, -0.25) is 0 Å². The second-order valence-electron chi connectivity index (χ2n) is 7.35. The third-order valence-electron chi connectivity index (χ3n) is 5.44. The molecule has 1 aliphatic heterocycles.